The number of thiophene rings is 1. The first-order chi connectivity index (χ1) is 13.7. The molecule has 0 unspecified atom stereocenters. The second-order valence-electron chi connectivity index (χ2n) is 6.31. The van der Waals surface area contributed by atoms with Crippen LogP contribution in [0.1, 0.15) is 68.8 Å². The van der Waals surface area contributed by atoms with Gasteiger partial charge >= 0.3 is 11.9 Å². The van der Waals surface area contributed by atoms with E-state index in [0.29, 0.717) is 26.2 Å². The molecule has 0 spiro atoms. The molecule has 0 bridgehead atoms. The molecular weight excluding hydrogens is 398 g/mol. The first-order valence-corrected chi connectivity index (χ1v) is 9.65. The zero-order valence-electron chi connectivity index (χ0n) is 16.2. The van der Waals surface area contributed by atoms with Crippen molar-refractivity contribution in [2.75, 3.05) is 6.61 Å². The summed E-state index contributed by atoms with van der Waals surface area (Å²) in [4.78, 5) is 58.5. The molecule has 1 atom stereocenters. The minimum Gasteiger partial charge on any atom is -0.462 e. The van der Waals surface area contributed by atoms with Crippen molar-refractivity contribution in [1.29, 1.82) is 0 Å². The van der Waals surface area contributed by atoms with Crippen molar-refractivity contribution >= 4 is 39.3 Å². The number of carbonyl (C=O) groups is 3. The van der Waals surface area contributed by atoms with Gasteiger partial charge in [0, 0.05) is 11.8 Å². The van der Waals surface area contributed by atoms with E-state index in [-0.39, 0.29) is 23.9 Å². The topological polar surface area (TPSA) is 131 Å². The number of hydrogen-bond acceptors (Lipinski definition) is 8. The molecule has 29 heavy (non-hydrogen) atoms. The Hall–Kier alpha value is -3.27. The van der Waals surface area contributed by atoms with Crippen LogP contribution in [0.3, 0.4) is 0 Å². The number of nitrogens with one attached hydrogen (secondary N) is 2. The molecule has 0 aliphatic carbocycles. The summed E-state index contributed by atoms with van der Waals surface area (Å²) in [7, 11) is 0. The molecule has 3 rings (SSSR count). The van der Waals surface area contributed by atoms with Crippen molar-refractivity contribution in [3.63, 3.8) is 0 Å². The molecule has 0 saturated carbocycles. The maximum Gasteiger partial charge on any atom is 0.355 e. The molecule has 2 N–H and O–H groups in total. The van der Waals surface area contributed by atoms with Gasteiger partial charge in [0.05, 0.1) is 12.0 Å². The van der Waals surface area contributed by atoms with Gasteiger partial charge in [-0.05, 0) is 39.3 Å². The number of ketones is 1. The largest absolute Gasteiger partial charge is 0.462 e. The highest BCUT2D eigenvalue weighted by Crippen LogP contribution is 2.28. The van der Waals surface area contributed by atoms with Gasteiger partial charge in [-0.2, -0.15) is 0 Å². The number of aryl methyl sites for hydroxylation is 1. The van der Waals surface area contributed by atoms with Gasteiger partial charge in [-0.3, -0.25) is 9.59 Å². The van der Waals surface area contributed by atoms with Crippen LogP contribution in [0.2, 0.25) is 0 Å². The number of aromatic nitrogens is 3. The third-order valence-corrected chi connectivity index (χ3v) is 5.42. The van der Waals surface area contributed by atoms with Crippen molar-refractivity contribution in [3.8, 4) is 0 Å². The Morgan fingerprint density at radius 2 is 2.00 bits per heavy atom. The predicted octanol–water partition coefficient (Wildman–Crippen LogP) is 2.92. The van der Waals surface area contributed by atoms with E-state index >= 15 is 0 Å². The predicted molar refractivity (Wildman–Crippen MR) is 106 cm³/mol. The molecule has 0 aromatic carbocycles. The molecule has 9 nitrogen and oxygen atoms in total. The standard InChI is InChI=1S/C19H19N3O6S/c1-5-27-19(26)14-8(2)13-16(24)21-15(22-17(13)29-14)10(4)28-18(25)12-6-11(7-20-12)9(3)23/h6-7,10,20H,5H2,1-4H3,(H,21,22,24)/t10-/m0/s1. The van der Waals surface area contributed by atoms with Gasteiger partial charge in [-0.1, -0.05) is 0 Å². The van der Waals surface area contributed by atoms with E-state index in [2.05, 4.69) is 15.0 Å². The van der Waals surface area contributed by atoms with Crippen molar-refractivity contribution in [3.05, 3.63) is 50.1 Å². The number of esters is 2. The van der Waals surface area contributed by atoms with E-state index in [9.17, 15) is 19.2 Å². The lowest BCUT2D eigenvalue weighted by Crippen LogP contribution is -2.17. The fourth-order valence-corrected chi connectivity index (χ4v) is 3.82. The average Bonchev–Trinajstić information content (AvgIpc) is 3.27. The minimum absolute atomic E-state index is 0.113. The second-order valence-corrected chi connectivity index (χ2v) is 7.31. The highest BCUT2D eigenvalue weighted by molar-refractivity contribution is 7.20. The van der Waals surface area contributed by atoms with Crippen LogP contribution in [0.5, 0.6) is 0 Å². The van der Waals surface area contributed by atoms with Crippen molar-refractivity contribution in [1.82, 2.24) is 15.0 Å². The van der Waals surface area contributed by atoms with E-state index in [1.165, 1.54) is 19.2 Å². The Labute approximate surface area is 169 Å². The lowest BCUT2D eigenvalue weighted by molar-refractivity contribution is 0.0313. The number of aromatic amines is 2. The molecule has 0 aliphatic rings. The maximum absolute atomic E-state index is 12.5. The quantitative estimate of drug-likeness (QED) is 0.466. The molecule has 10 heteroatoms. The summed E-state index contributed by atoms with van der Waals surface area (Å²) >= 11 is 1.05. The number of rotatable bonds is 6. The number of Topliss-reactive ketones (excluding diaryl/α,β-unsaturated/α-hetero) is 1. The Morgan fingerprint density at radius 1 is 1.28 bits per heavy atom. The van der Waals surface area contributed by atoms with Crippen LogP contribution in [0, 0.1) is 6.92 Å². The number of H-pyrrole nitrogens is 2. The Kier molecular flexibility index (Phi) is 5.64. The SMILES string of the molecule is CCOC(=O)c1sc2nc([C@H](C)OC(=O)c3cc(C(C)=O)c[nH]3)[nH]c(=O)c2c1C. The molecule has 0 fully saturated rings. The van der Waals surface area contributed by atoms with Crippen LogP contribution in [0.25, 0.3) is 10.2 Å². The maximum atomic E-state index is 12.5. The Balaban J connectivity index is 1.88. The lowest BCUT2D eigenvalue weighted by Gasteiger charge is -2.11. The number of ether oxygens (including phenoxy) is 2. The van der Waals surface area contributed by atoms with Gasteiger partial charge in [-0.15, -0.1) is 11.3 Å². The third-order valence-electron chi connectivity index (χ3n) is 4.26. The highest BCUT2D eigenvalue weighted by atomic mass is 32.1. The van der Waals surface area contributed by atoms with Crippen LogP contribution in [0.15, 0.2) is 17.1 Å². The van der Waals surface area contributed by atoms with E-state index < -0.39 is 23.6 Å². The average molecular weight is 417 g/mol. The van der Waals surface area contributed by atoms with Crippen LogP contribution >= 0.6 is 11.3 Å². The van der Waals surface area contributed by atoms with Crippen LogP contribution in [0.4, 0.5) is 0 Å². The zero-order chi connectivity index (χ0) is 21.3. The van der Waals surface area contributed by atoms with Crippen LogP contribution in [-0.4, -0.2) is 39.3 Å². The molecular formula is C19H19N3O6S. The summed E-state index contributed by atoms with van der Waals surface area (Å²) in [6, 6.07) is 1.39. The van der Waals surface area contributed by atoms with Gasteiger partial charge < -0.3 is 19.4 Å². The van der Waals surface area contributed by atoms with Gasteiger partial charge in [0.15, 0.2) is 17.7 Å². The van der Waals surface area contributed by atoms with E-state index in [4.69, 9.17) is 9.47 Å². The van der Waals surface area contributed by atoms with Gasteiger partial charge in [0.2, 0.25) is 0 Å². The monoisotopic (exact) mass is 417 g/mol. The molecule has 152 valence electrons. The van der Waals surface area contributed by atoms with E-state index in [0.717, 1.165) is 11.3 Å². The number of nitrogens with zero attached hydrogens (tertiary/aromatic N) is 1. The van der Waals surface area contributed by atoms with Gasteiger partial charge in [-0.25, -0.2) is 14.6 Å². The summed E-state index contributed by atoms with van der Waals surface area (Å²) < 4.78 is 10.4. The lowest BCUT2D eigenvalue weighted by atomic mass is 10.2. The normalized spacial score (nSPS) is 12.0. The summed E-state index contributed by atoms with van der Waals surface area (Å²) in [5.41, 5.74) is 0.535. The van der Waals surface area contributed by atoms with Gasteiger partial charge in [0.1, 0.15) is 15.4 Å². The Morgan fingerprint density at radius 3 is 2.62 bits per heavy atom. The molecule has 3 aromatic heterocycles. The first-order valence-electron chi connectivity index (χ1n) is 8.83. The smallest absolute Gasteiger partial charge is 0.355 e. The molecule has 0 aliphatic heterocycles. The molecule has 3 heterocycles. The molecule has 0 saturated heterocycles. The first kappa shape index (κ1) is 20.5. The Bertz CT molecular complexity index is 1170. The fourth-order valence-electron chi connectivity index (χ4n) is 2.74. The highest BCUT2D eigenvalue weighted by Gasteiger charge is 2.23. The van der Waals surface area contributed by atoms with Crippen LogP contribution < -0.4 is 5.56 Å². The second kappa shape index (κ2) is 8.00. The zero-order valence-corrected chi connectivity index (χ0v) is 17.1. The van der Waals surface area contributed by atoms with Crippen molar-refractivity contribution in [2.45, 2.75) is 33.8 Å². The molecule has 0 radical (unpaired) electrons. The summed E-state index contributed by atoms with van der Waals surface area (Å²) in [5.74, 6) is -1.25. The van der Waals surface area contributed by atoms with Crippen molar-refractivity contribution in [2.24, 2.45) is 0 Å². The minimum atomic E-state index is -0.864. The van der Waals surface area contributed by atoms with Gasteiger partial charge in [0.25, 0.3) is 5.56 Å². The number of fused-ring (bicyclic) bond motifs is 1. The number of carbonyl (C=O) groups excluding carboxylic acids is 3. The summed E-state index contributed by atoms with van der Waals surface area (Å²) in [6.07, 6.45) is 0.554. The molecule has 3 aromatic rings. The van der Waals surface area contributed by atoms with E-state index in [1.807, 2.05) is 0 Å². The van der Waals surface area contributed by atoms with Crippen molar-refractivity contribution < 1.29 is 23.9 Å². The third kappa shape index (κ3) is 3.97. The van der Waals surface area contributed by atoms with Crippen LogP contribution in [-0.2, 0) is 9.47 Å². The fraction of sp³-hybridized carbons (Fsp3) is 0.316. The van der Waals surface area contributed by atoms with E-state index in [1.54, 1.807) is 20.8 Å². The summed E-state index contributed by atoms with van der Waals surface area (Å²) in [5, 5.41) is 0.302. The summed E-state index contributed by atoms with van der Waals surface area (Å²) in [6.45, 7) is 6.52. The number of hydrogen-bond donors (Lipinski definition) is 2. The molecule has 0 amide bonds.